The molecule has 2 amide bonds. The van der Waals surface area contributed by atoms with Crippen LogP contribution in [0.5, 0.6) is 0 Å². The zero-order chi connectivity index (χ0) is 26.9. The van der Waals surface area contributed by atoms with Gasteiger partial charge in [0.2, 0.25) is 5.91 Å². The molecule has 194 valence electrons. The van der Waals surface area contributed by atoms with E-state index in [1.165, 1.54) is 36.4 Å². The lowest BCUT2D eigenvalue weighted by molar-refractivity contribution is -0.140. The van der Waals surface area contributed by atoms with Gasteiger partial charge in [-0.05, 0) is 64.2 Å². The van der Waals surface area contributed by atoms with Crippen molar-refractivity contribution >= 4 is 57.0 Å². The number of benzene rings is 2. The van der Waals surface area contributed by atoms with E-state index in [0.717, 1.165) is 12.1 Å². The van der Waals surface area contributed by atoms with Crippen molar-refractivity contribution < 1.29 is 35.9 Å². The summed E-state index contributed by atoms with van der Waals surface area (Å²) in [6.45, 7) is -1.52. The predicted octanol–water partition coefficient (Wildman–Crippen LogP) is 7.06. The fourth-order valence-corrected chi connectivity index (χ4v) is 4.19. The molecule has 3 rings (SSSR count). The van der Waals surface area contributed by atoms with Crippen LogP contribution in [0.4, 0.5) is 26.3 Å². The molecule has 0 aromatic heterocycles. The molecule has 0 saturated heterocycles. The average Bonchev–Trinajstić information content (AvgIpc) is 3.53. The molecule has 2 N–H and O–H groups in total. The highest BCUT2D eigenvalue weighted by Gasteiger charge is 2.52. The van der Waals surface area contributed by atoms with Gasteiger partial charge in [-0.15, -0.1) is 0 Å². The number of allylic oxidation sites excluding steroid dienone is 1. The summed E-state index contributed by atoms with van der Waals surface area (Å²) in [7, 11) is 0. The highest BCUT2D eigenvalue weighted by molar-refractivity contribution is 9.10. The minimum absolute atomic E-state index is 0.0181. The molecule has 0 spiro atoms. The number of halogens is 9. The van der Waals surface area contributed by atoms with Crippen LogP contribution in [0, 0.1) is 0 Å². The van der Waals surface area contributed by atoms with Crippen molar-refractivity contribution in [2.45, 2.75) is 36.7 Å². The number of carbonyl (C=O) groups excluding carboxylic acids is 2. The number of nitrogens with one attached hydrogen (secondary N) is 2. The lowest BCUT2D eigenvalue weighted by atomic mass is 9.97. The van der Waals surface area contributed by atoms with Gasteiger partial charge in [0.15, 0.2) is 0 Å². The van der Waals surface area contributed by atoms with Crippen LogP contribution in [-0.2, 0) is 4.79 Å². The van der Waals surface area contributed by atoms with Crippen LogP contribution in [0.1, 0.15) is 40.2 Å². The molecule has 2 aromatic rings. The van der Waals surface area contributed by atoms with E-state index in [4.69, 9.17) is 23.2 Å². The Morgan fingerprint density at radius 1 is 1.03 bits per heavy atom. The maximum atomic E-state index is 13.7. The Kier molecular flexibility index (Phi) is 8.36. The molecular formula is C23H17BrCl2F6N2O2. The van der Waals surface area contributed by atoms with E-state index in [2.05, 4.69) is 21.2 Å². The second-order valence-electron chi connectivity index (χ2n) is 8.13. The third kappa shape index (κ3) is 7.17. The summed E-state index contributed by atoms with van der Waals surface area (Å²) in [4.78, 5) is 24.8. The van der Waals surface area contributed by atoms with Crippen molar-refractivity contribution in [3.63, 3.8) is 0 Å². The Hall–Kier alpha value is -2.24. The van der Waals surface area contributed by atoms with Gasteiger partial charge < -0.3 is 10.6 Å². The molecule has 36 heavy (non-hydrogen) atoms. The van der Waals surface area contributed by atoms with Crippen LogP contribution >= 0.6 is 39.1 Å². The van der Waals surface area contributed by atoms with Gasteiger partial charge in [0.25, 0.3) is 5.91 Å². The molecule has 0 bridgehead atoms. The van der Waals surface area contributed by atoms with Gasteiger partial charge in [-0.2, -0.15) is 26.3 Å². The SMILES string of the molecule is O=C(NC1(C(=O)NCC(F)(F)F)CC1)c1ccc(/C=C/C(c2ccc(Cl)c(Cl)c2)C(F)(F)F)cc1Br. The van der Waals surface area contributed by atoms with Crippen LogP contribution < -0.4 is 10.6 Å². The van der Waals surface area contributed by atoms with Crippen LogP contribution in [0.3, 0.4) is 0 Å². The van der Waals surface area contributed by atoms with Crippen molar-refractivity contribution in [3.05, 3.63) is 73.7 Å². The summed E-state index contributed by atoms with van der Waals surface area (Å²) < 4.78 is 78.3. The first-order valence-corrected chi connectivity index (χ1v) is 11.8. The van der Waals surface area contributed by atoms with Crippen LogP contribution in [0.2, 0.25) is 10.0 Å². The van der Waals surface area contributed by atoms with E-state index in [-0.39, 0.29) is 38.5 Å². The second-order valence-corrected chi connectivity index (χ2v) is 9.79. The Bertz CT molecular complexity index is 1200. The lowest BCUT2D eigenvalue weighted by Crippen LogP contribution is -2.50. The summed E-state index contributed by atoms with van der Waals surface area (Å²) in [5.41, 5.74) is -1.16. The molecule has 1 unspecified atom stereocenters. The summed E-state index contributed by atoms with van der Waals surface area (Å²) >= 11 is 14.8. The molecule has 1 aliphatic carbocycles. The third-order valence-electron chi connectivity index (χ3n) is 5.36. The molecular weight excluding hydrogens is 601 g/mol. The van der Waals surface area contributed by atoms with Gasteiger partial charge in [-0.1, -0.05) is 47.5 Å². The topological polar surface area (TPSA) is 58.2 Å². The fraction of sp³-hybridized carbons (Fsp3) is 0.304. The van der Waals surface area contributed by atoms with Crippen molar-refractivity contribution in [1.82, 2.24) is 10.6 Å². The number of alkyl halides is 6. The molecule has 13 heteroatoms. The van der Waals surface area contributed by atoms with Gasteiger partial charge in [-0.25, -0.2) is 0 Å². The summed E-state index contributed by atoms with van der Waals surface area (Å²) in [6.07, 6.45) is -6.70. The van der Waals surface area contributed by atoms with Gasteiger partial charge in [0.1, 0.15) is 12.1 Å². The number of hydrogen-bond donors (Lipinski definition) is 2. The zero-order valence-electron chi connectivity index (χ0n) is 18.0. The zero-order valence-corrected chi connectivity index (χ0v) is 21.1. The third-order valence-corrected chi connectivity index (χ3v) is 6.76. The summed E-state index contributed by atoms with van der Waals surface area (Å²) in [5, 5.41) is 4.30. The maximum Gasteiger partial charge on any atom is 0.405 e. The van der Waals surface area contributed by atoms with Gasteiger partial charge in [-0.3, -0.25) is 9.59 Å². The van der Waals surface area contributed by atoms with Gasteiger partial charge in [0.05, 0.1) is 21.5 Å². The minimum atomic E-state index is -4.62. The molecule has 1 fully saturated rings. The first-order valence-electron chi connectivity index (χ1n) is 10.3. The van der Waals surface area contributed by atoms with Gasteiger partial charge >= 0.3 is 12.4 Å². The van der Waals surface area contributed by atoms with Crippen LogP contribution in [0.25, 0.3) is 6.08 Å². The monoisotopic (exact) mass is 616 g/mol. The lowest BCUT2D eigenvalue weighted by Gasteiger charge is -2.19. The number of carbonyl (C=O) groups is 2. The van der Waals surface area contributed by atoms with E-state index in [9.17, 15) is 35.9 Å². The highest BCUT2D eigenvalue weighted by Crippen LogP contribution is 2.39. The molecule has 2 aromatic carbocycles. The molecule has 1 saturated carbocycles. The maximum absolute atomic E-state index is 13.7. The summed E-state index contributed by atoms with van der Waals surface area (Å²) in [6, 6.07) is 7.74. The quantitative estimate of drug-likeness (QED) is 0.327. The van der Waals surface area contributed by atoms with Crippen molar-refractivity contribution in [2.75, 3.05) is 6.54 Å². The van der Waals surface area contributed by atoms with Crippen LogP contribution in [-0.4, -0.2) is 36.3 Å². The molecule has 1 aliphatic rings. The van der Waals surface area contributed by atoms with Crippen molar-refractivity contribution in [2.24, 2.45) is 0 Å². The minimum Gasteiger partial charge on any atom is -0.345 e. The number of amides is 2. The molecule has 0 aliphatic heterocycles. The smallest absolute Gasteiger partial charge is 0.345 e. The fourth-order valence-electron chi connectivity index (χ4n) is 3.31. The normalized spacial score (nSPS) is 16.0. The standard InChI is InChI=1S/C23H17BrCl2F6N2O2/c24-16-9-12(2-5-15(23(30,31)32)13-3-6-17(25)18(26)10-13)1-4-14(16)19(35)34-21(7-8-21)20(36)33-11-22(27,28)29/h1-6,9-10,15H,7-8,11H2,(H,33,36)(H,34,35)/b5-2+. The van der Waals surface area contributed by atoms with Gasteiger partial charge in [0, 0.05) is 4.47 Å². The molecule has 0 radical (unpaired) electrons. The van der Waals surface area contributed by atoms with Crippen molar-refractivity contribution in [3.8, 4) is 0 Å². The Morgan fingerprint density at radius 2 is 1.69 bits per heavy atom. The first kappa shape index (κ1) is 28.3. The average molecular weight is 618 g/mol. The Morgan fingerprint density at radius 3 is 2.22 bits per heavy atom. The number of hydrogen-bond acceptors (Lipinski definition) is 2. The highest BCUT2D eigenvalue weighted by atomic mass is 79.9. The van der Waals surface area contributed by atoms with Crippen molar-refractivity contribution in [1.29, 1.82) is 0 Å². The van der Waals surface area contributed by atoms with E-state index < -0.39 is 42.2 Å². The van der Waals surface area contributed by atoms with E-state index >= 15 is 0 Å². The second kappa shape index (κ2) is 10.6. The molecule has 1 atom stereocenters. The van der Waals surface area contributed by atoms with E-state index in [1.54, 1.807) is 5.32 Å². The predicted molar refractivity (Wildman–Crippen MR) is 127 cm³/mol. The molecule has 4 nitrogen and oxygen atoms in total. The summed E-state index contributed by atoms with van der Waals surface area (Å²) in [5.74, 6) is -3.63. The molecule has 0 heterocycles. The largest absolute Gasteiger partial charge is 0.405 e. The van der Waals surface area contributed by atoms with E-state index in [0.29, 0.717) is 5.56 Å². The number of rotatable bonds is 7. The van der Waals surface area contributed by atoms with Crippen LogP contribution in [0.15, 0.2) is 46.9 Å². The Balaban J connectivity index is 1.74. The van der Waals surface area contributed by atoms with E-state index in [1.807, 2.05) is 0 Å². The Labute approximate surface area is 220 Å². The first-order chi connectivity index (χ1) is 16.6.